The van der Waals surface area contributed by atoms with Crippen molar-refractivity contribution in [3.63, 3.8) is 0 Å². The lowest BCUT2D eigenvalue weighted by Crippen LogP contribution is -2.30. The largest absolute Gasteiger partial charge is 0.481 e. The van der Waals surface area contributed by atoms with Crippen LogP contribution < -0.4 is 4.72 Å². The molecule has 1 atom stereocenters. The van der Waals surface area contributed by atoms with Crippen molar-refractivity contribution < 1.29 is 23.1 Å². The van der Waals surface area contributed by atoms with Crippen LogP contribution in [-0.2, 0) is 14.8 Å². The lowest BCUT2D eigenvalue weighted by molar-refractivity contribution is -0.141. The predicted octanol–water partition coefficient (Wildman–Crippen LogP) is 1.17. The summed E-state index contributed by atoms with van der Waals surface area (Å²) in [6.45, 7) is 4.73. The van der Waals surface area contributed by atoms with E-state index in [2.05, 4.69) is 4.72 Å². The molecule has 1 aliphatic rings. The number of hydrogen-bond acceptors (Lipinski definition) is 4. The maximum absolute atomic E-state index is 12.4. The number of hydrogen-bond donors (Lipinski definition) is 2. The maximum Gasteiger partial charge on any atom is 0.308 e. The van der Waals surface area contributed by atoms with Crippen molar-refractivity contribution in [2.45, 2.75) is 25.2 Å². The number of likely N-dealkylation sites (tertiary alicyclic amines) is 1. The van der Waals surface area contributed by atoms with Gasteiger partial charge in [-0.05, 0) is 36.6 Å². The normalized spacial score (nSPS) is 18.1. The summed E-state index contributed by atoms with van der Waals surface area (Å²) >= 11 is 0. The number of carboxylic acid groups (broad SMARTS) is 1. The monoisotopic (exact) mass is 354 g/mol. The van der Waals surface area contributed by atoms with Crippen LogP contribution in [0.5, 0.6) is 0 Å². The van der Waals surface area contributed by atoms with Crippen LogP contribution in [-0.4, -0.2) is 49.9 Å². The average molecular weight is 354 g/mol. The minimum atomic E-state index is -3.59. The van der Waals surface area contributed by atoms with Gasteiger partial charge < -0.3 is 10.0 Å². The molecule has 132 valence electrons. The highest BCUT2D eigenvalue weighted by molar-refractivity contribution is 7.89. The second kappa shape index (κ2) is 7.31. The predicted molar refractivity (Wildman–Crippen MR) is 88.1 cm³/mol. The molecule has 1 aromatic rings. The van der Waals surface area contributed by atoms with Gasteiger partial charge in [-0.1, -0.05) is 13.8 Å². The van der Waals surface area contributed by atoms with Crippen molar-refractivity contribution in [3.05, 3.63) is 29.8 Å². The number of aliphatic carboxylic acids is 1. The van der Waals surface area contributed by atoms with Crippen molar-refractivity contribution in [2.24, 2.45) is 11.8 Å². The van der Waals surface area contributed by atoms with E-state index in [0.717, 1.165) is 0 Å². The Balaban J connectivity index is 2.07. The second-order valence-corrected chi connectivity index (χ2v) is 8.11. The van der Waals surface area contributed by atoms with Gasteiger partial charge >= 0.3 is 5.97 Å². The maximum atomic E-state index is 12.4. The number of carbonyl (C=O) groups is 2. The molecule has 0 aromatic heterocycles. The number of nitrogens with one attached hydrogen (secondary N) is 1. The van der Waals surface area contributed by atoms with Gasteiger partial charge in [0.1, 0.15) is 0 Å². The highest BCUT2D eigenvalue weighted by Crippen LogP contribution is 2.20. The van der Waals surface area contributed by atoms with Crippen LogP contribution in [0.4, 0.5) is 0 Å². The molecule has 1 amide bonds. The van der Waals surface area contributed by atoms with E-state index in [1.54, 1.807) is 0 Å². The van der Waals surface area contributed by atoms with E-state index in [-0.39, 0.29) is 23.3 Å². The first-order valence-electron chi connectivity index (χ1n) is 7.82. The van der Waals surface area contributed by atoms with Crippen LogP contribution in [0.15, 0.2) is 29.2 Å². The Bertz CT molecular complexity index is 712. The Morgan fingerprint density at radius 1 is 1.29 bits per heavy atom. The van der Waals surface area contributed by atoms with E-state index in [4.69, 9.17) is 5.11 Å². The molecule has 1 saturated heterocycles. The molecule has 0 radical (unpaired) electrons. The topological polar surface area (TPSA) is 104 Å². The van der Waals surface area contributed by atoms with Crippen molar-refractivity contribution >= 4 is 21.9 Å². The Morgan fingerprint density at radius 2 is 1.92 bits per heavy atom. The summed E-state index contributed by atoms with van der Waals surface area (Å²) in [6.07, 6.45) is 0.437. The van der Waals surface area contributed by atoms with Gasteiger partial charge in [0.15, 0.2) is 0 Å². The van der Waals surface area contributed by atoms with Gasteiger partial charge in [0, 0.05) is 25.2 Å². The number of amides is 1. The van der Waals surface area contributed by atoms with Gasteiger partial charge in [-0.2, -0.15) is 0 Å². The summed E-state index contributed by atoms with van der Waals surface area (Å²) in [5, 5.41) is 8.99. The van der Waals surface area contributed by atoms with E-state index in [0.29, 0.717) is 25.1 Å². The zero-order valence-corrected chi connectivity index (χ0v) is 14.5. The van der Waals surface area contributed by atoms with E-state index in [1.807, 2.05) is 13.8 Å². The van der Waals surface area contributed by atoms with Crippen molar-refractivity contribution in [3.8, 4) is 0 Å². The quantitative estimate of drug-likeness (QED) is 0.798. The second-order valence-electron chi connectivity index (χ2n) is 6.35. The Kier molecular flexibility index (Phi) is 5.61. The number of carboxylic acids is 1. The molecule has 0 spiro atoms. The summed E-state index contributed by atoms with van der Waals surface area (Å²) < 4.78 is 26.7. The molecule has 24 heavy (non-hydrogen) atoms. The molecule has 1 unspecified atom stereocenters. The summed E-state index contributed by atoms with van der Waals surface area (Å²) in [5.41, 5.74) is 0.351. The highest BCUT2D eigenvalue weighted by Gasteiger charge is 2.31. The SMILES string of the molecule is CC(C)CNS(=O)(=O)c1ccc(C(=O)N2CCC(C(=O)O)C2)cc1. The molecule has 2 rings (SSSR count). The first-order valence-corrected chi connectivity index (χ1v) is 9.31. The van der Waals surface area contributed by atoms with Crippen LogP contribution in [0, 0.1) is 11.8 Å². The fraction of sp³-hybridized carbons (Fsp3) is 0.500. The van der Waals surface area contributed by atoms with Gasteiger partial charge in [0.25, 0.3) is 5.91 Å². The summed E-state index contributed by atoms with van der Waals surface area (Å²) in [4.78, 5) is 24.9. The Labute approximate surface area is 141 Å². The summed E-state index contributed by atoms with van der Waals surface area (Å²) in [5.74, 6) is -1.52. The smallest absolute Gasteiger partial charge is 0.308 e. The van der Waals surface area contributed by atoms with E-state index in [1.165, 1.54) is 29.2 Å². The number of rotatable bonds is 6. The third kappa shape index (κ3) is 4.33. The number of carbonyl (C=O) groups excluding carboxylic acids is 1. The molecular formula is C16H22N2O5S. The lowest BCUT2D eigenvalue weighted by Gasteiger charge is -2.16. The zero-order valence-electron chi connectivity index (χ0n) is 13.7. The van der Waals surface area contributed by atoms with Gasteiger partial charge in [-0.25, -0.2) is 13.1 Å². The van der Waals surface area contributed by atoms with Crippen LogP contribution in [0.2, 0.25) is 0 Å². The lowest BCUT2D eigenvalue weighted by atomic mass is 10.1. The van der Waals surface area contributed by atoms with E-state index >= 15 is 0 Å². The van der Waals surface area contributed by atoms with Crippen molar-refractivity contribution in [1.82, 2.24) is 9.62 Å². The zero-order chi connectivity index (χ0) is 17.9. The third-order valence-corrected chi connectivity index (χ3v) is 5.36. The number of sulfonamides is 1. The average Bonchev–Trinajstić information content (AvgIpc) is 3.03. The third-order valence-electron chi connectivity index (χ3n) is 3.92. The molecule has 0 aliphatic carbocycles. The highest BCUT2D eigenvalue weighted by atomic mass is 32.2. The molecule has 1 aliphatic heterocycles. The number of benzene rings is 1. The standard InChI is InChI=1S/C16H22N2O5S/c1-11(2)9-17-24(22,23)14-5-3-12(4-6-14)15(19)18-8-7-13(10-18)16(20)21/h3-6,11,13,17H,7-10H2,1-2H3,(H,20,21). The Morgan fingerprint density at radius 3 is 2.42 bits per heavy atom. The summed E-state index contributed by atoms with van der Waals surface area (Å²) in [6, 6.07) is 5.70. The van der Waals surface area contributed by atoms with Gasteiger partial charge in [0.05, 0.1) is 10.8 Å². The molecule has 0 saturated carbocycles. The van der Waals surface area contributed by atoms with Crippen LogP contribution in [0.25, 0.3) is 0 Å². The molecule has 1 aromatic carbocycles. The molecule has 0 bridgehead atoms. The molecule has 7 nitrogen and oxygen atoms in total. The fourth-order valence-corrected chi connectivity index (χ4v) is 3.68. The van der Waals surface area contributed by atoms with Crippen LogP contribution >= 0.6 is 0 Å². The first kappa shape index (κ1) is 18.4. The van der Waals surface area contributed by atoms with Gasteiger partial charge in [-0.15, -0.1) is 0 Å². The minimum absolute atomic E-state index is 0.101. The van der Waals surface area contributed by atoms with Crippen LogP contribution in [0.1, 0.15) is 30.6 Å². The van der Waals surface area contributed by atoms with E-state index < -0.39 is 21.9 Å². The molecule has 1 fully saturated rings. The number of nitrogens with zero attached hydrogens (tertiary/aromatic N) is 1. The van der Waals surface area contributed by atoms with E-state index in [9.17, 15) is 18.0 Å². The minimum Gasteiger partial charge on any atom is -0.481 e. The van der Waals surface area contributed by atoms with Crippen molar-refractivity contribution in [1.29, 1.82) is 0 Å². The van der Waals surface area contributed by atoms with Gasteiger partial charge in [-0.3, -0.25) is 9.59 Å². The van der Waals surface area contributed by atoms with Crippen molar-refractivity contribution in [2.75, 3.05) is 19.6 Å². The fourth-order valence-electron chi connectivity index (χ4n) is 2.47. The summed E-state index contributed by atoms with van der Waals surface area (Å²) in [7, 11) is -3.59. The Hall–Kier alpha value is -1.93. The molecule has 8 heteroatoms. The molecular weight excluding hydrogens is 332 g/mol. The van der Waals surface area contributed by atoms with Gasteiger partial charge in [0.2, 0.25) is 10.0 Å². The first-order chi connectivity index (χ1) is 11.2. The van der Waals surface area contributed by atoms with Crippen LogP contribution in [0.3, 0.4) is 0 Å². The molecule has 2 N–H and O–H groups in total. The molecule has 1 heterocycles.